The van der Waals surface area contributed by atoms with Crippen LogP contribution in [0.2, 0.25) is 10.0 Å². The van der Waals surface area contributed by atoms with E-state index in [9.17, 15) is 14.4 Å². The minimum Gasteiger partial charge on any atom is -0.298 e. The van der Waals surface area contributed by atoms with Crippen molar-refractivity contribution in [3.8, 4) is 0 Å². The largest absolute Gasteiger partial charge is 0.298 e. The summed E-state index contributed by atoms with van der Waals surface area (Å²) in [6, 6.07) is 9.65. The lowest BCUT2D eigenvalue weighted by atomic mass is 10.2. The Hall–Kier alpha value is -2.48. The van der Waals surface area contributed by atoms with Crippen LogP contribution in [0.4, 0.5) is 10.8 Å². The summed E-state index contributed by atoms with van der Waals surface area (Å²) >= 11 is 13.5. The number of fused-ring (bicyclic) bond motifs is 1. The zero-order valence-corrected chi connectivity index (χ0v) is 16.0. The van der Waals surface area contributed by atoms with Gasteiger partial charge in [-0.25, -0.2) is 4.98 Å². The molecule has 0 radical (unpaired) electrons. The standard InChI is InChI=1S/C18H11Cl2N3O3S/c19-11-4-5-12(20)16-15(11)21-18(27-16)22-17(26)9-2-1-3-10(8-9)23-13(24)6-7-14(23)25/h1-5,8H,6-7H2,(H,21,22,26). The fourth-order valence-electron chi connectivity index (χ4n) is 2.82. The molecule has 0 atom stereocenters. The molecule has 136 valence electrons. The van der Waals surface area contributed by atoms with Crippen molar-refractivity contribution in [1.29, 1.82) is 0 Å². The number of rotatable bonds is 3. The Morgan fingerprint density at radius 1 is 1.07 bits per heavy atom. The SMILES string of the molecule is O=C(Nc1nc2c(Cl)ccc(Cl)c2s1)c1cccc(N2C(=O)CCC2=O)c1. The molecule has 0 unspecified atom stereocenters. The number of carbonyl (C=O) groups is 3. The van der Waals surface area contributed by atoms with Gasteiger partial charge in [-0.15, -0.1) is 0 Å². The number of nitrogens with one attached hydrogen (secondary N) is 1. The summed E-state index contributed by atoms with van der Waals surface area (Å²) in [7, 11) is 0. The van der Waals surface area contributed by atoms with Crippen molar-refractivity contribution in [3.05, 3.63) is 52.0 Å². The molecule has 1 aromatic heterocycles. The van der Waals surface area contributed by atoms with Crippen molar-refractivity contribution < 1.29 is 14.4 Å². The van der Waals surface area contributed by atoms with Crippen LogP contribution in [0.3, 0.4) is 0 Å². The molecule has 0 saturated carbocycles. The molecule has 6 nitrogen and oxygen atoms in total. The Bertz CT molecular complexity index is 1060. The second-order valence-electron chi connectivity index (χ2n) is 5.85. The van der Waals surface area contributed by atoms with E-state index in [0.717, 1.165) is 4.90 Å². The number of nitrogens with zero attached hydrogens (tertiary/aromatic N) is 2. The second kappa shape index (κ2) is 6.92. The molecule has 2 heterocycles. The first-order chi connectivity index (χ1) is 12.9. The van der Waals surface area contributed by atoms with E-state index in [0.29, 0.717) is 36.6 Å². The van der Waals surface area contributed by atoms with Crippen molar-refractivity contribution in [3.63, 3.8) is 0 Å². The van der Waals surface area contributed by atoms with E-state index in [1.165, 1.54) is 17.4 Å². The first-order valence-electron chi connectivity index (χ1n) is 7.96. The third kappa shape index (κ3) is 3.29. The van der Waals surface area contributed by atoms with Crippen LogP contribution < -0.4 is 10.2 Å². The van der Waals surface area contributed by atoms with Gasteiger partial charge in [0, 0.05) is 18.4 Å². The minimum absolute atomic E-state index is 0.183. The number of hydrogen-bond donors (Lipinski definition) is 1. The van der Waals surface area contributed by atoms with Crippen molar-refractivity contribution in [2.75, 3.05) is 10.2 Å². The number of benzene rings is 2. The lowest BCUT2D eigenvalue weighted by Gasteiger charge is -2.14. The number of thiazole rings is 1. The summed E-state index contributed by atoms with van der Waals surface area (Å²) in [5.41, 5.74) is 1.20. The number of amides is 3. The van der Waals surface area contributed by atoms with Gasteiger partial charge in [0.15, 0.2) is 5.13 Å². The molecular weight excluding hydrogens is 409 g/mol. The molecular formula is C18H11Cl2N3O3S. The first kappa shape index (κ1) is 17.9. The van der Waals surface area contributed by atoms with Gasteiger partial charge in [-0.1, -0.05) is 40.6 Å². The monoisotopic (exact) mass is 419 g/mol. The highest BCUT2D eigenvalue weighted by atomic mass is 35.5. The predicted molar refractivity (Wildman–Crippen MR) is 106 cm³/mol. The maximum absolute atomic E-state index is 12.6. The van der Waals surface area contributed by atoms with E-state index >= 15 is 0 Å². The topological polar surface area (TPSA) is 79.4 Å². The minimum atomic E-state index is -0.415. The van der Waals surface area contributed by atoms with Crippen molar-refractivity contribution >= 4 is 73.3 Å². The van der Waals surface area contributed by atoms with Crippen LogP contribution in [0.5, 0.6) is 0 Å². The van der Waals surface area contributed by atoms with Gasteiger partial charge in [0.25, 0.3) is 5.91 Å². The molecule has 1 fully saturated rings. The van der Waals surface area contributed by atoms with Gasteiger partial charge in [0.05, 0.1) is 20.4 Å². The fraction of sp³-hybridized carbons (Fsp3) is 0.111. The van der Waals surface area contributed by atoms with Gasteiger partial charge in [-0.05, 0) is 30.3 Å². The molecule has 3 aromatic rings. The summed E-state index contributed by atoms with van der Waals surface area (Å²) < 4.78 is 0.682. The average Bonchev–Trinajstić information content (AvgIpc) is 3.22. The average molecular weight is 420 g/mol. The summed E-state index contributed by atoms with van der Waals surface area (Å²) in [6.07, 6.45) is 0.366. The third-order valence-electron chi connectivity index (χ3n) is 4.08. The molecule has 3 amide bonds. The molecule has 0 bridgehead atoms. The van der Waals surface area contributed by atoms with E-state index < -0.39 is 5.91 Å². The molecule has 0 aliphatic carbocycles. The van der Waals surface area contributed by atoms with E-state index in [1.807, 2.05) is 0 Å². The summed E-state index contributed by atoms with van der Waals surface area (Å²) in [5.74, 6) is -0.955. The maximum Gasteiger partial charge on any atom is 0.257 e. The van der Waals surface area contributed by atoms with Crippen LogP contribution in [0.25, 0.3) is 10.2 Å². The van der Waals surface area contributed by atoms with Crippen LogP contribution in [0, 0.1) is 0 Å². The Morgan fingerprint density at radius 3 is 2.48 bits per heavy atom. The van der Waals surface area contributed by atoms with E-state index in [-0.39, 0.29) is 24.7 Å². The number of aromatic nitrogens is 1. The Kier molecular flexibility index (Phi) is 4.59. The van der Waals surface area contributed by atoms with Crippen molar-refractivity contribution in [1.82, 2.24) is 4.98 Å². The molecule has 1 aliphatic heterocycles. The van der Waals surface area contributed by atoms with E-state index in [2.05, 4.69) is 10.3 Å². The molecule has 27 heavy (non-hydrogen) atoms. The zero-order chi connectivity index (χ0) is 19.1. The highest BCUT2D eigenvalue weighted by Crippen LogP contribution is 2.36. The number of hydrogen-bond acceptors (Lipinski definition) is 5. The second-order valence-corrected chi connectivity index (χ2v) is 7.67. The first-order valence-corrected chi connectivity index (χ1v) is 9.53. The van der Waals surface area contributed by atoms with Crippen LogP contribution in [0.1, 0.15) is 23.2 Å². The van der Waals surface area contributed by atoms with Crippen LogP contribution >= 0.6 is 34.5 Å². The van der Waals surface area contributed by atoms with Crippen LogP contribution in [0.15, 0.2) is 36.4 Å². The van der Waals surface area contributed by atoms with Crippen LogP contribution in [-0.4, -0.2) is 22.7 Å². The Balaban J connectivity index is 1.61. The predicted octanol–water partition coefficient (Wildman–Crippen LogP) is 4.51. The molecule has 4 rings (SSSR count). The van der Waals surface area contributed by atoms with Gasteiger partial charge in [-0.2, -0.15) is 0 Å². The Morgan fingerprint density at radius 2 is 1.78 bits per heavy atom. The molecule has 2 aromatic carbocycles. The molecule has 1 N–H and O–H groups in total. The van der Waals surface area contributed by atoms with Crippen LogP contribution in [-0.2, 0) is 9.59 Å². The van der Waals surface area contributed by atoms with Gasteiger partial charge in [-0.3, -0.25) is 24.6 Å². The summed E-state index contributed by atoms with van der Waals surface area (Å²) in [6.45, 7) is 0. The summed E-state index contributed by atoms with van der Waals surface area (Å²) in [5, 5.41) is 4.00. The highest BCUT2D eigenvalue weighted by Gasteiger charge is 2.30. The highest BCUT2D eigenvalue weighted by molar-refractivity contribution is 7.23. The molecule has 9 heteroatoms. The van der Waals surface area contributed by atoms with E-state index in [1.54, 1.807) is 30.3 Å². The summed E-state index contributed by atoms with van der Waals surface area (Å²) in [4.78, 5) is 41.8. The maximum atomic E-state index is 12.6. The third-order valence-corrected chi connectivity index (χ3v) is 5.82. The normalized spacial score (nSPS) is 14.2. The van der Waals surface area contributed by atoms with Crippen molar-refractivity contribution in [2.24, 2.45) is 0 Å². The number of anilines is 2. The Labute approximate surface area is 167 Å². The molecule has 1 aliphatic rings. The van der Waals surface area contributed by atoms with Gasteiger partial charge in [0.1, 0.15) is 5.52 Å². The molecule has 0 spiro atoms. The van der Waals surface area contributed by atoms with Gasteiger partial charge in [0.2, 0.25) is 11.8 Å². The van der Waals surface area contributed by atoms with E-state index in [4.69, 9.17) is 23.2 Å². The molecule has 1 saturated heterocycles. The van der Waals surface area contributed by atoms with Gasteiger partial charge < -0.3 is 0 Å². The zero-order valence-electron chi connectivity index (χ0n) is 13.7. The van der Waals surface area contributed by atoms with Crippen molar-refractivity contribution in [2.45, 2.75) is 12.8 Å². The number of halogens is 2. The number of imide groups is 1. The smallest absolute Gasteiger partial charge is 0.257 e. The fourth-order valence-corrected chi connectivity index (χ4v) is 4.23. The lowest BCUT2D eigenvalue weighted by Crippen LogP contribution is -2.28. The number of carbonyl (C=O) groups excluding carboxylic acids is 3. The van der Waals surface area contributed by atoms with Gasteiger partial charge >= 0.3 is 0 Å². The lowest BCUT2D eigenvalue weighted by molar-refractivity contribution is -0.121. The quantitative estimate of drug-likeness (QED) is 0.633.